The van der Waals surface area contributed by atoms with E-state index in [9.17, 15) is 9.59 Å². The zero-order valence-corrected chi connectivity index (χ0v) is 10.8. The van der Waals surface area contributed by atoms with E-state index in [0.717, 1.165) is 32.4 Å². The Hall–Kier alpha value is -1.26. The molecule has 0 saturated carbocycles. The van der Waals surface area contributed by atoms with Gasteiger partial charge in [0.2, 0.25) is 0 Å². The summed E-state index contributed by atoms with van der Waals surface area (Å²) in [5.74, 6) is -0.358. The molecule has 1 rings (SSSR count). The Balaban J connectivity index is 2.55. The summed E-state index contributed by atoms with van der Waals surface area (Å²) in [5, 5.41) is 0. The Morgan fingerprint density at radius 2 is 1.88 bits per heavy atom. The third-order valence-electron chi connectivity index (χ3n) is 2.94. The number of rotatable bonds is 4. The lowest BCUT2D eigenvalue weighted by Gasteiger charge is -2.32. The highest BCUT2D eigenvalue weighted by atomic mass is 16.5. The molecule has 0 unspecified atom stereocenters. The van der Waals surface area contributed by atoms with Gasteiger partial charge in [-0.2, -0.15) is 0 Å². The number of esters is 1. The molecule has 1 aliphatic heterocycles. The zero-order valence-electron chi connectivity index (χ0n) is 10.8. The van der Waals surface area contributed by atoms with E-state index in [1.165, 1.54) is 13.5 Å². The minimum Gasteiger partial charge on any atom is -0.468 e. The van der Waals surface area contributed by atoms with E-state index in [0.29, 0.717) is 6.54 Å². The van der Waals surface area contributed by atoms with E-state index in [1.807, 2.05) is 11.8 Å². The number of amides is 2. The average Bonchev–Trinajstić information content (AvgIpc) is 2.38. The van der Waals surface area contributed by atoms with Crippen molar-refractivity contribution in [2.24, 2.45) is 0 Å². The molecular weight excluding hydrogens is 220 g/mol. The van der Waals surface area contributed by atoms with Gasteiger partial charge in [0.05, 0.1) is 7.11 Å². The average molecular weight is 242 g/mol. The van der Waals surface area contributed by atoms with Gasteiger partial charge in [-0.3, -0.25) is 4.79 Å². The number of carbonyl (C=O) groups excluding carboxylic acids is 2. The van der Waals surface area contributed by atoms with Crippen LogP contribution in [0.4, 0.5) is 4.79 Å². The van der Waals surface area contributed by atoms with E-state index in [1.54, 1.807) is 4.90 Å². The minimum atomic E-state index is -0.358. The second kappa shape index (κ2) is 7.14. The number of hydrogen-bond donors (Lipinski definition) is 0. The largest absolute Gasteiger partial charge is 0.468 e. The summed E-state index contributed by atoms with van der Waals surface area (Å²) in [6.45, 7) is 4.26. The fourth-order valence-corrected chi connectivity index (χ4v) is 2.02. The van der Waals surface area contributed by atoms with E-state index in [2.05, 4.69) is 4.74 Å². The van der Waals surface area contributed by atoms with Crippen LogP contribution < -0.4 is 0 Å². The lowest BCUT2D eigenvalue weighted by Crippen LogP contribution is -2.47. The highest BCUT2D eigenvalue weighted by Crippen LogP contribution is 2.11. The van der Waals surface area contributed by atoms with Crippen LogP contribution in [0.25, 0.3) is 0 Å². The van der Waals surface area contributed by atoms with Crippen LogP contribution in [0.3, 0.4) is 0 Å². The lowest BCUT2D eigenvalue weighted by atomic mass is 10.1. The van der Waals surface area contributed by atoms with Gasteiger partial charge < -0.3 is 14.5 Å². The quantitative estimate of drug-likeness (QED) is 0.702. The first-order chi connectivity index (χ1) is 8.19. The summed E-state index contributed by atoms with van der Waals surface area (Å²) in [4.78, 5) is 26.8. The Bertz CT molecular complexity index is 262. The van der Waals surface area contributed by atoms with E-state index < -0.39 is 0 Å². The van der Waals surface area contributed by atoms with E-state index in [-0.39, 0.29) is 18.5 Å². The molecule has 17 heavy (non-hydrogen) atoms. The van der Waals surface area contributed by atoms with Crippen LogP contribution in [-0.4, -0.2) is 55.1 Å². The van der Waals surface area contributed by atoms with Crippen LogP contribution in [0.1, 0.15) is 32.6 Å². The van der Waals surface area contributed by atoms with Gasteiger partial charge in [0.25, 0.3) is 0 Å². The first-order valence-corrected chi connectivity index (χ1v) is 6.29. The molecule has 0 N–H and O–H groups in total. The van der Waals surface area contributed by atoms with Gasteiger partial charge >= 0.3 is 12.0 Å². The Morgan fingerprint density at radius 1 is 1.24 bits per heavy atom. The molecule has 2 amide bonds. The summed E-state index contributed by atoms with van der Waals surface area (Å²) in [6.07, 6.45) is 4.15. The fourth-order valence-electron chi connectivity index (χ4n) is 2.02. The van der Waals surface area contributed by atoms with Crippen LogP contribution in [0.5, 0.6) is 0 Å². The SMILES string of the molecule is CCCN(CC(=O)OC)C(=O)N1CCCCC1. The van der Waals surface area contributed by atoms with Crippen molar-refractivity contribution in [1.29, 1.82) is 0 Å². The topological polar surface area (TPSA) is 49.9 Å². The van der Waals surface area contributed by atoms with Crippen molar-refractivity contribution in [2.75, 3.05) is 33.3 Å². The Morgan fingerprint density at radius 3 is 2.41 bits per heavy atom. The van der Waals surface area contributed by atoms with Crippen molar-refractivity contribution in [3.05, 3.63) is 0 Å². The molecule has 0 bridgehead atoms. The maximum atomic E-state index is 12.2. The van der Waals surface area contributed by atoms with Crippen LogP contribution in [0.15, 0.2) is 0 Å². The van der Waals surface area contributed by atoms with Crippen LogP contribution in [0.2, 0.25) is 0 Å². The summed E-state index contributed by atoms with van der Waals surface area (Å²) in [5.41, 5.74) is 0. The molecule has 5 heteroatoms. The van der Waals surface area contributed by atoms with Gasteiger partial charge in [-0.1, -0.05) is 6.92 Å². The van der Waals surface area contributed by atoms with Crippen molar-refractivity contribution in [1.82, 2.24) is 9.80 Å². The number of ether oxygens (including phenoxy) is 1. The highest BCUT2D eigenvalue weighted by molar-refractivity contribution is 5.81. The molecule has 0 radical (unpaired) electrons. The highest BCUT2D eigenvalue weighted by Gasteiger charge is 2.23. The molecule has 0 aliphatic carbocycles. The molecule has 1 aliphatic rings. The third-order valence-corrected chi connectivity index (χ3v) is 2.94. The molecule has 1 fully saturated rings. The molecule has 0 aromatic rings. The summed E-state index contributed by atoms with van der Waals surface area (Å²) in [6, 6.07) is -0.0306. The van der Waals surface area contributed by atoms with Crippen LogP contribution in [0, 0.1) is 0 Å². The molecule has 0 aromatic carbocycles. The Labute approximate surface area is 103 Å². The summed E-state index contributed by atoms with van der Waals surface area (Å²) in [7, 11) is 1.35. The van der Waals surface area contributed by atoms with Crippen molar-refractivity contribution in [3.63, 3.8) is 0 Å². The molecule has 0 atom stereocenters. The number of piperidine rings is 1. The number of nitrogens with zero attached hydrogens (tertiary/aromatic N) is 2. The maximum absolute atomic E-state index is 12.2. The van der Waals surface area contributed by atoms with E-state index >= 15 is 0 Å². The predicted molar refractivity (Wildman–Crippen MR) is 64.7 cm³/mol. The standard InChI is InChI=1S/C12H22N2O3/c1-3-7-14(10-11(15)17-2)12(16)13-8-5-4-6-9-13/h3-10H2,1-2H3. The smallest absolute Gasteiger partial charge is 0.325 e. The van der Waals surface area contributed by atoms with Crippen LogP contribution >= 0.6 is 0 Å². The number of carbonyl (C=O) groups is 2. The normalized spacial score (nSPS) is 15.5. The first kappa shape index (κ1) is 13.8. The lowest BCUT2D eigenvalue weighted by molar-refractivity contribution is -0.141. The number of urea groups is 1. The van der Waals surface area contributed by atoms with E-state index in [4.69, 9.17) is 0 Å². The number of methoxy groups -OCH3 is 1. The van der Waals surface area contributed by atoms with Gasteiger partial charge in [0.1, 0.15) is 6.54 Å². The number of hydrogen-bond acceptors (Lipinski definition) is 3. The Kier molecular flexibility index (Phi) is 5.80. The maximum Gasteiger partial charge on any atom is 0.325 e. The van der Waals surface area contributed by atoms with Crippen molar-refractivity contribution in [3.8, 4) is 0 Å². The second-order valence-electron chi connectivity index (χ2n) is 4.33. The van der Waals surface area contributed by atoms with Crippen molar-refractivity contribution in [2.45, 2.75) is 32.6 Å². The molecule has 98 valence electrons. The molecule has 1 heterocycles. The van der Waals surface area contributed by atoms with Gasteiger partial charge in [-0.05, 0) is 25.7 Å². The summed E-state index contributed by atoms with van der Waals surface area (Å²) >= 11 is 0. The van der Waals surface area contributed by atoms with Gasteiger partial charge in [-0.15, -0.1) is 0 Å². The first-order valence-electron chi connectivity index (χ1n) is 6.29. The number of likely N-dealkylation sites (tertiary alicyclic amines) is 1. The minimum absolute atomic E-state index is 0.0306. The van der Waals surface area contributed by atoms with Crippen LogP contribution in [-0.2, 0) is 9.53 Å². The van der Waals surface area contributed by atoms with Crippen molar-refractivity contribution >= 4 is 12.0 Å². The zero-order chi connectivity index (χ0) is 12.7. The summed E-state index contributed by atoms with van der Waals surface area (Å²) < 4.78 is 4.61. The molecular formula is C12H22N2O3. The fraction of sp³-hybridized carbons (Fsp3) is 0.833. The molecule has 0 spiro atoms. The van der Waals surface area contributed by atoms with Gasteiger partial charge in [0, 0.05) is 19.6 Å². The third kappa shape index (κ3) is 4.24. The monoisotopic (exact) mass is 242 g/mol. The molecule has 1 saturated heterocycles. The van der Waals surface area contributed by atoms with Gasteiger partial charge in [0.15, 0.2) is 0 Å². The molecule has 0 aromatic heterocycles. The second-order valence-corrected chi connectivity index (χ2v) is 4.33. The molecule has 5 nitrogen and oxygen atoms in total. The van der Waals surface area contributed by atoms with Crippen molar-refractivity contribution < 1.29 is 14.3 Å². The van der Waals surface area contributed by atoms with Gasteiger partial charge in [-0.25, -0.2) is 4.79 Å². The predicted octanol–water partition coefficient (Wildman–Crippen LogP) is 1.48.